The number of thiophene rings is 1. The molecule has 1 nitrogen and oxygen atoms in total. The van der Waals surface area contributed by atoms with E-state index in [-0.39, 0.29) is 5.78 Å². The molecule has 0 saturated heterocycles. The number of Topliss-reactive ketones (excluding diaryl/α,β-unsaturated/α-hetero) is 1. The fourth-order valence-electron chi connectivity index (χ4n) is 1.42. The lowest BCUT2D eigenvalue weighted by Crippen LogP contribution is -2.03. The van der Waals surface area contributed by atoms with Gasteiger partial charge in [-0.3, -0.25) is 4.79 Å². The van der Waals surface area contributed by atoms with E-state index in [4.69, 9.17) is 11.6 Å². The lowest BCUT2D eigenvalue weighted by Gasteiger charge is -2.03. The molecule has 1 heterocycles. The van der Waals surface area contributed by atoms with Crippen molar-refractivity contribution in [1.29, 1.82) is 0 Å². The Morgan fingerprint density at radius 2 is 2.00 bits per heavy atom. The summed E-state index contributed by atoms with van der Waals surface area (Å²) in [6.07, 6.45) is 0.387. The Morgan fingerprint density at radius 3 is 2.59 bits per heavy atom. The van der Waals surface area contributed by atoms with Crippen LogP contribution in [0.2, 0.25) is 4.34 Å². The molecule has 88 valence electrons. The maximum atomic E-state index is 12.1. The highest BCUT2D eigenvalue weighted by Crippen LogP contribution is 2.26. The summed E-state index contributed by atoms with van der Waals surface area (Å²) in [6.45, 7) is 0. The van der Waals surface area contributed by atoms with E-state index >= 15 is 0 Å². The summed E-state index contributed by atoms with van der Waals surface area (Å²) in [5, 5.41) is 0. The van der Waals surface area contributed by atoms with Crippen LogP contribution in [0.5, 0.6) is 0 Å². The minimum Gasteiger partial charge on any atom is -0.294 e. The smallest absolute Gasteiger partial charge is 0.169 e. The number of hydrogen-bond acceptors (Lipinski definition) is 2. The quantitative estimate of drug-likeness (QED) is 0.641. The topological polar surface area (TPSA) is 17.1 Å². The van der Waals surface area contributed by atoms with Crippen molar-refractivity contribution in [2.45, 2.75) is 6.42 Å². The summed E-state index contributed by atoms with van der Waals surface area (Å²) in [7, 11) is 0. The van der Waals surface area contributed by atoms with Crippen molar-refractivity contribution in [1.82, 2.24) is 0 Å². The first-order valence-corrected chi connectivity index (χ1v) is 7.57. The van der Waals surface area contributed by atoms with Gasteiger partial charge in [0, 0.05) is 25.8 Å². The van der Waals surface area contributed by atoms with Gasteiger partial charge >= 0.3 is 0 Å². The third-order valence-corrected chi connectivity index (χ3v) is 4.58. The Labute approximate surface area is 125 Å². The molecular weight excluding hydrogens is 387 g/mol. The standard InChI is InChI=1S/C12H7Br2ClOS/c13-7-1-3-9(10(14)5-7)11(16)6-8-2-4-12(15)17-8/h1-5H,6H2. The van der Waals surface area contributed by atoms with Crippen LogP contribution in [0, 0.1) is 0 Å². The van der Waals surface area contributed by atoms with Crippen LogP contribution in [0.3, 0.4) is 0 Å². The predicted molar refractivity (Wildman–Crippen MR) is 79.2 cm³/mol. The Bertz CT molecular complexity index is 565. The summed E-state index contributed by atoms with van der Waals surface area (Å²) in [6, 6.07) is 9.24. The van der Waals surface area contributed by atoms with Gasteiger partial charge in [-0.1, -0.05) is 43.5 Å². The zero-order valence-electron chi connectivity index (χ0n) is 8.54. The molecular formula is C12H7Br2ClOS. The lowest BCUT2D eigenvalue weighted by atomic mass is 10.1. The number of hydrogen-bond donors (Lipinski definition) is 0. The van der Waals surface area contributed by atoms with Crippen molar-refractivity contribution < 1.29 is 4.79 Å². The van der Waals surface area contributed by atoms with Crippen molar-refractivity contribution >= 4 is 60.6 Å². The van der Waals surface area contributed by atoms with E-state index in [1.807, 2.05) is 30.3 Å². The molecule has 0 unspecified atom stereocenters. The number of rotatable bonds is 3. The molecule has 0 atom stereocenters. The number of halogens is 3. The predicted octanol–water partition coefficient (Wildman–Crippen LogP) is 5.35. The molecule has 0 saturated carbocycles. The van der Waals surface area contributed by atoms with Crippen LogP contribution in [-0.4, -0.2) is 5.78 Å². The molecule has 1 aromatic carbocycles. The van der Waals surface area contributed by atoms with Crippen LogP contribution in [0.25, 0.3) is 0 Å². The van der Waals surface area contributed by atoms with Crippen LogP contribution in [0.4, 0.5) is 0 Å². The minimum atomic E-state index is 0.0860. The van der Waals surface area contributed by atoms with Crippen LogP contribution in [0.1, 0.15) is 15.2 Å². The van der Waals surface area contributed by atoms with Gasteiger partial charge in [-0.15, -0.1) is 11.3 Å². The summed E-state index contributed by atoms with van der Waals surface area (Å²) in [5.41, 5.74) is 0.692. The van der Waals surface area contributed by atoms with Gasteiger partial charge in [-0.2, -0.15) is 0 Å². The molecule has 0 amide bonds. The van der Waals surface area contributed by atoms with E-state index in [0.717, 1.165) is 13.8 Å². The fraction of sp³-hybridized carbons (Fsp3) is 0.0833. The van der Waals surface area contributed by atoms with Crippen LogP contribution >= 0.6 is 54.8 Å². The van der Waals surface area contributed by atoms with E-state index in [2.05, 4.69) is 31.9 Å². The van der Waals surface area contributed by atoms with Crippen molar-refractivity contribution in [2.75, 3.05) is 0 Å². The Kier molecular flexibility index (Phi) is 4.42. The van der Waals surface area contributed by atoms with Crippen molar-refractivity contribution in [3.8, 4) is 0 Å². The molecule has 0 aliphatic carbocycles. The fourth-order valence-corrected chi connectivity index (χ4v) is 3.77. The van der Waals surface area contributed by atoms with Crippen molar-refractivity contribution in [2.24, 2.45) is 0 Å². The molecule has 1 aromatic heterocycles. The average molecular weight is 395 g/mol. The second kappa shape index (κ2) is 5.65. The van der Waals surface area contributed by atoms with E-state index in [0.29, 0.717) is 16.3 Å². The summed E-state index contributed by atoms with van der Waals surface area (Å²) in [4.78, 5) is 13.1. The molecule has 0 radical (unpaired) electrons. The number of ketones is 1. The van der Waals surface area contributed by atoms with Gasteiger partial charge in [0.2, 0.25) is 0 Å². The van der Waals surface area contributed by atoms with Gasteiger partial charge in [0.25, 0.3) is 0 Å². The molecule has 0 fully saturated rings. The van der Waals surface area contributed by atoms with Gasteiger partial charge in [0.05, 0.1) is 4.34 Å². The normalized spacial score (nSPS) is 10.5. The van der Waals surface area contributed by atoms with E-state index in [1.54, 1.807) is 0 Å². The largest absolute Gasteiger partial charge is 0.294 e. The molecule has 2 rings (SSSR count). The first-order chi connectivity index (χ1) is 8.06. The molecule has 5 heteroatoms. The molecule has 0 N–H and O–H groups in total. The Morgan fingerprint density at radius 1 is 1.24 bits per heavy atom. The van der Waals surface area contributed by atoms with Crippen LogP contribution in [-0.2, 0) is 6.42 Å². The third kappa shape index (κ3) is 3.41. The number of benzene rings is 1. The molecule has 0 aliphatic rings. The summed E-state index contributed by atoms with van der Waals surface area (Å²) >= 11 is 14.0. The van der Waals surface area contributed by atoms with Gasteiger partial charge in [0.15, 0.2) is 5.78 Å². The van der Waals surface area contributed by atoms with E-state index < -0.39 is 0 Å². The third-order valence-electron chi connectivity index (χ3n) is 2.20. The molecule has 0 spiro atoms. The van der Waals surface area contributed by atoms with E-state index in [1.165, 1.54) is 11.3 Å². The SMILES string of the molecule is O=C(Cc1ccc(Cl)s1)c1ccc(Br)cc1Br. The number of carbonyl (C=O) groups is 1. The maximum absolute atomic E-state index is 12.1. The van der Waals surface area contributed by atoms with Gasteiger partial charge in [-0.25, -0.2) is 0 Å². The van der Waals surface area contributed by atoms with Crippen LogP contribution in [0.15, 0.2) is 39.3 Å². The lowest BCUT2D eigenvalue weighted by molar-refractivity contribution is 0.0993. The second-order valence-corrected chi connectivity index (χ2v) is 7.00. The highest BCUT2D eigenvalue weighted by atomic mass is 79.9. The summed E-state index contributed by atoms with van der Waals surface area (Å²) in [5.74, 6) is 0.0860. The Balaban J connectivity index is 2.20. The molecule has 17 heavy (non-hydrogen) atoms. The second-order valence-electron chi connectivity index (χ2n) is 3.43. The zero-order chi connectivity index (χ0) is 12.4. The maximum Gasteiger partial charge on any atom is 0.169 e. The first-order valence-electron chi connectivity index (χ1n) is 4.79. The Hall–Kier alpha value is -0.160. The highest BCUT2D eigenvalue weighted by molar-refractivity contribution is 9.11. The molecule has 0 aliphatic heterocycles. The monoisotopic (exact) mass is 392 g/mol. The van der Waals surface area contributed by atoms with Crippen LogP contribution < -0.4 is 0 Å². The molecule has 0 bridgehead atoms. The van der Waals surface area contributed by atoms with Gasteiger partial charge in [-0.05, 0) is 30.3 Å². The van der Waals surface area contributed by atoms with Gasteiger partial charge < -0.3 is 0 Å². The first kappa shape index (κ1) is 13.3. The molecule has 2 aromatic rings. The van der Waals surface area contributed by atoms with Crippen molar-refractivity contribution in [3.05, 3.63) is 54.1 Å². The number of carbonyl (C=O) groups excluding carboxylic acids is 1. The van der Waals surface area contributed by atoms with E-state index in [9.17, 15) is 4.79 Å². The minimum absolute atomic E-state index is 0.0860. The average Bonchev–Trinajstić information content (AvgIpc) is 2.63. The zero-order valence-corrected chi connectivity index (χ0v) is 13.3. The van der Waals surface area contributed by atoms with Gasteiger partial charge in [0.1, 0.15) is 0 Å². The van der Waals surface area contributed by atoms with Crippen molar-refractivity contribution in [3.63, 3.8) is 0 Å². The summed E-state index contributed by atoms with van der Waals surface area (Å²) < 4.78 is 2.46. The highest BCUT2D eigenvalue weighted by Gasteiger charge is 2.12.